The molecule has 0 atom stereocenters. The second-order valence-electron chi connectivity index (χ2n) is 0.497. The lowest BCUT2D eigenvalue weighted by atomic mass is 10.8. The van der Waals surface area contributed by atoms with E-state index >= 15 is 0 Å². The van der Waals surface area contributed by atoms with E-state index < -0.39 is 13.0 Å². The van der Waals surface area contributed by atoms with Crippen LogP contribution in [-0.4, -0.2) is 11.7 Å². The lowest BCUT2D eigenvalue weighted by molar-refractivity contribution is 0.169. The van der Waals surface area contributed by atoms with Crippen LogP contribution < -0.4 is 0 Å². The van der Waals surface area contributed by atoms with Gasteiger partial charge in [0.15, 0.2) is 0 Å². The van der Waals surface area contributed by atoms with Crippen LogP contribution in [0.2, 0.25) is 0 Å². The quantitative estimate of drug-likeness (QED) is 0.484. The fourth-order valence-electron chi connectivity index (χ4n) is 0. The number of rotatable bonds is 1. The zero-order valence-corrected chi connectivity index (χ0v) is 2.41. The molecule has 1 N–H and O–H groups in total. The molecular formula is C2H3F2O. The van der Waals surface area contributed by atoms with Gasteiger partial charge in [0.05, 0.1) is 0 Å². The summed E-state index contributed by atoms with van der Waals surface area (Å²) in [4.78, 5) is 0. The largest absolute Gasteiger partial charge is 0.390 e. The lowest BCUT2D eigenvalue weighted by Crippen LogP contribution is -1.83. The summed E-state index contributed by atoms with van der Waals surface area (Å²) in [7, 11) is 0. The van der Waals surface area contributed by atoms with Gasteiger partial charge in [0.2, 0.25) is 0 Å². The fraction of sp³-hybridized carbons (Fsp3) is 0.500. The fourth-order valence-corrected chi connectivity index (χ4v) is 0. The summed E-state index contributed by atoms with van der Waals surface area (Å²) in [6.45, 7) is -1.11. The van der Waals surface area contributed by atoms with Gasteiger partial charge < -0.3 is 5.11 Å². The topological polar surface area (TPSA) is 20.2 Å². The maximum Gasteiger partial charge on any atom is 0.334 e. The maximum atomic E-state index is 10.4. The molecule has 5 heavy (non-hydrogen) atoms. The predicted octanol–water partition coefficient (Wildman–Crippen LogP) is 0.407. The van der Waals surface area contributed by atoms with Crippen LogP contribution >= 0.6 is 0 Å². The van der Waals surface area contributed by atoms with Crippen LogP contribution in [-0.2, 0) is 0 Å². The van der Waals surface area contributed by atoms with Gasteiger partial charge in [0.25, 0.3) is 0 Å². The molecular weight excluding hydrogens is 78.0 g/mol. The van der Waals surface area contributed by atoms with E-state index in [9.17, 15) is 8.78 Å². The van der Waals surface area contributed by atoms with Crippen molar-refractivity contribution in [3.63, 3.8) is 0 Å². The van der Waals surface area contributed by atoms with Crippen LogP contribution in [0.25, 0.3) is 0 Å². The Balaban J connectivity index is 2.54. The van der Waals surface area contributed by atoms with Crippen molar-refractivity contribution < 1.29 is 13.9 Å². The van der Waals surface area contributed by atoms with Gasteiger partial charge in [-0.15, -0.1) is 0 Å². The normalized spacial score (nSPS) is 9.60. The van der Waals surface area contributed by atoms with E-state index in [1.165, 1.54) is 0 Å². The van der Waals surface area contributed by atoms with Crippen molar-refractivity contribution in [3.8, 4) is 0 Å². The third-order valence-electron chi connectivity index (χ3n) is 0.120. The zero-order valence-electron chi connectivity index (χ0n) is 2.41. The molecule has 0 aliphatic carbocycles. The van der Waals surface area contributed by atoms with Gasteiger partial charge >= 0.3 is 6.43 Å². The highest BCUT2D eigenvalue weighted by Crippen LogP contribution is 1.96. The Morgan fingerprint density at radius 2 is 1.80 bits per heavy atom. The molecule has 0 rings (SSSR count). The summed E-state index contributed by atoms with van der Waals surface area (Å²) in [5, 5.41) is 7.36. The van der Waals surface area contributed by atoms with E-state index in [1.807, 2.05) is 0 Å². The molecule has 0 saturated heterocycles. The first-order valence-corrected chi connectivity index (χ1v) is 1.05. The number of halogens is 2. The first kappa shape index (κ1) is 4.82. The molecule has 0 aliphatic rings. The zero-order chi connectivity index (χ0) is 4.28. The first-order chi connectivity index (χ1) is 2.27. The Bertz CT molecular complexity index is 21.6. The molecule has 1 radical (unpaired) electrons. The van der Waals surface area contributed by atoms with Gasteiger partial charge in [-0.3, -0.25) is 0 Å². The molecule has 0 aromatic rings. The van der Waals surface area contributed by atoms with Crippen molar-refractivity contribution in [3.05, 3.63) is 6.43 Å². The van der Waals surface area contributed by atoms with Crippen molar-refractivity contribution in [1.82, 2.24) is 0 Å². The molecule has 31 valence electrons. The van der Waals surface area contributed by atoms with Crippen molar-refractivity contribution in [2.75, 3.05) is 6.61 Å². The van der Waals surface area contributed by atoms with Gasteiger partial charge in [0.1, 0.15) is 6.61 Å². The van der Waals surface area contributed by atoms with Gasteiger partial charge in [-0.25, -0.2) is 0 Å². The predicted molar refractivity (Wildman–Crippen MR) is 12.5 cm³/mol. The average molecular weight is 81.0 g/mol. The second-order valence-corrected chi connectivity index (χ2v) is 0.497. The Labute approximate surface area is 28.2 Å². The van der Waals surface area contributed by atoms with E-state index in [2.05, 4.69) is 0 Å². The molecule has 1 nitrogen and oxygen atoms in total. The molecule has 0 saturated carbocycles. The second kappa shape index (κ2) is 2.08. The van der Waals surface area contributed by atoms with E-state index in [4.69, 9.17) is 5.11 Å². The SMILES string of the molecule is OC[C](F)F. The third kappa shape index (κ3) is 3.82. The van der Waals surface area contributed by atoms with Gasteiger partial charge in [-0.05, 0) is 0 Å². The minimum Gasteiger partial charge on any atom is -0.390 e. The van der Waals surface area contributed by atoms with Crippen LogP contribution in [0.3, 0.4) is 0 Å². The van der Waals surface area contributed by atoms with Gasteiger partial charge in [0, 0.05) is 0 Å². The summed E-state index contributed by atoms with van der Waals surface area (Å²) in [5.74, 6) is 0. The van der Waals surface area contributed by atoms with Crippen LogP contribution in [0.1, 0.15) is 0 Å². The number of aliphatic hydroxyl groups excluding tert-OH is 1. The molecule has 0 aromatic heterocycles. The molecule has 0 heterocycles. The van der Waals surface area contributed by atoms with E-state index in [-0.39, 0.29) is 0 Å². The molecule has 0 fully saturated rings. The summed E-state index contributed by atoms with van der Waals surface area (Å²) in [6, 6.07) is 0. The number of hydrogen-bond donors (Lipinski definition) is 1. The molecule has 0 aromatic carbocycles. The maximum absolute atomic E-state index is 10.4. The van der Waals surface area contributed by atoms with Crippen LogP contribution in [0, 0.1) is 6.43 Å². The minimum atomic E-state index is -1.94. The number of aliphatic hydroxyl groups is 1. The Hall–Kier alpha value is -0.180. The summed E-state index contributed by atoms with van der Waals surface area (Å²) >= 11 is 0. The monoisotopic (exact) mass is 81.0 g/mol. The molecule has 0 amide bonds. The Morgan fingerprint density at radius 3 is 1.80 bits per heavy atom. The van der Waals surface area contributed by atoms with E-state index in [0.29, 0.717) is 0 Å². The lowest BCUT2D eigenvalue weighted by Gasteiger charge is -1.78. The van der Waals surface area contributed by atoms with Crippen molar-refractivity contribution in [2.24, 2.45) is 0 Å². The molecule has 0 aliphatic heterocycles. The van der Waals surface area contributed by atoms with E-state index in [1.54, 1.807) is 0 Å². The molecule has 0 spiro atoms. The van der Waals surface area contributed by atoms with Crippen LogP contribution in [0.4, 0.5) is 8.78 Å². The minimum absolute atomic E-state index is 1.11. The molecule has 0 unspecified atom stereocenters. The smallest absolute Gasteiger partial charge is 0.334 e. The van der Waals surface area contributed by atoms with Gasteiger partial charge in [-0.2, -0.15) is 8.78 Å². The Morgan fingerprint density at radius 1 is 1.60 bits per heavy atom. The molecule has 0 bridgehead atoms. The van der Waals surface area contributed by atoms with Crippen LogP contribution in [0.15, 0.2) is 0 Å². The van der Waals surface area contributed by atoms with Crippen molar-refractivity contribution in [1.29, 1.82) is 0 Å². The Kier molecular flexibility index (Phi) is 2.01. The van der Waals surface area contributed by atoms with E-state index in [0.717, 1.165) is 0 Å². The summed E-state index contributed by atoms with van der Waals surface area (Å²) in [6.07, 6.45) is -1.94. The third-order valence-corrected chi connectivity index (χ3v) is 0.120. The standard InChI is InChI=1S/C2H3F2O/c3-2(4)1-5/h5H,1H2. The highest BCUT2D eigenvalue weighted by Gasteiger charge is 1.96. The van der Waals surface area contributed by atoms with Crippen molar-refractivity contribution >= 4 is 0 Å². The van der Waals surface area contributed by atoms with Gasteiger partial charge in [-0.1, -0.05) is 0 Å². The summed E-state index contributed by atoms with van der Waals surface area (Å²) in [5.41, 5.74) is 0. The first-order valence-electron chi connectivity index (χ1n) is 1.05. The highest BCUT2D eigenvalue weighted by atomic mass is 19.3. The van der Waals surface area contributed by atoms with Crippen molar-refractivity contribution in [2.45, 2.75) is 0 Å². The highest BCUT2D eigenvalue weighted by molar-refractivity contribution is 4.51. The summed E-state index contributed by atoms with van der Waals surface area (Å²) < 4.78 is 20.9. The molecule has 3 heteroatoms. The average Bonchev–Trinajstić information content (AvgIpc) is 1.38. The van der Waals surface area contributed by atoms with Crippen LogP contribution in [0.5, 0.6) is 0 Å². The number of hydrogen-bond acceptors (Lipinski definition) is 1.